The van der Waals surface area contributed by atoms with Gasteiger partial charge in [0.05, 0.1) is 7.11 Å². The van der Waals surface area contributed by atoms with E-state index in [1.807, 2.05) is 30.3 Å². The summed E-state index contributed by atoms with van der Waals surface area (Å²) in [5.74, 6) is -0.00801. The molecule has 1 N–H and O–H groups in total. The highest BCUT2D eigenvalue weighted by Gasteiger charge is 2.42. The van der Waals surface area contributed by atoms with Crippen LogP contribution < -0.4 is 5.48 Å². The molecule has 92 valence electrons. The molecule has 1 aromatic carbocycles. The molecule has 2 rings (SSSR count). The quantitative estimate of drug-likeness (QED) is 0.836. The molecule has 17 heavy (non-hydrogen) atoms. The van der Waals surface area contributed by atoms with Crippen LogP contribution in [-0.2, 0) is 9.63 Å². The predicted octanol–water partition coefficient (Wildman–Crippen LogP) is 2.77. The molecule has 1 fully saturated rings. The molecule has 3 nitrogen and oxygen atoms in total. The van der Waals surface area contributed by atoms with Crippen molar-refractivity contribution in [2.45, 2.75) is 35.3 Å². The van der Waals surface area contributed by atoms with Gasteiger partial charge in [-0.25, -0.2) is 5.48 Å². The summed E-state index contributed by atoms with van der Waals surface area (Å²) in [7, 11) is 1.48. The summed E-state index contributed by atoms with van der Waals surface area (Å²) in [5.41, 5.74) is 2.49. The summed E-state index contributed by atoms with van der Waals surface area (Å²) in [5, 5.41) is 0. The molecule has 0 bridgehead atoms. The fourth-order valence-corrected chi connectivity index (χ4v) is 3.59. The topological polar surface area (TPSA) is 38.3 Å². The van der Waals surface area contributed by atoms with Gasteiger partial charge in [0.25, 0.3) is 5.91 Å². The van der Waals surface area contributed by atoms with Crippen LogP contribution in [0, 0.1) is 0 Å². The maximum Gasteiger partial charge on any atom is 0.260 e. The maximum atomic E-state index is 12.1. The Morgan fingerprint density at radius 2 is 1.94 bits per heavy atom. The lowest BCUT2D eigenvalue weighted by molar-refractivity contribution is -0.133. The van der Waals surface area contributed by atoms with Crippen molar-refractivity contribution >= 4 is 17.7 Å². The summed E-state index contributed by atoms with van der Waals surface area (Å²) < 4.78 is -0.350. The molecule has 1 aliphatic carbocycles. The van der Waals surface area contributed by atoms with Crippen LogP contribution in [0.3, 0.4) is 0 Å². The monoisotopic (exact) mass is 251 g/mol. The fourth-order valence-electron chi connectivity index (χ4n) is 2.22. The Morgan fingerprint density at radius 3 is 2.53 bits per heavy atom. The minimum absolute atomic E-state index is 0.00801. The minimum atomic E-state index is -0.350. The lowest BCUT2D eigenvalue weighted by Gasteiger charge is -2.26. The highest BCUT2D eigenvalue weighted by atomic mass is 32.2. The van der Waals surface area contributed by atoms with Gasteiger partial charge in [0.15, 0.2) is 0 Å². The third-order valence-corrected chi connectivity index (χ3v) is 4.57. The second kappa shape index (κ2) is 5.56. The van der Waals surface area contributed by atoms with E-state index in [-0.39, 0.29) is 10.7 Å². The van der Waals surface area contributed by atoms with Crippen LogP contribution in [0.25, 0.3) is 0 Å². The molecular formula is C13H17NO2S. The van der Waals surface area contributed by atoms with E-state index in [0.29, 0.717) is 0 Å². The van der Waals surface area contributed by atoms with Crippen molar-refractivity contribution in [3.8, 4) is 0 Å². The Kier molecular flexibility index (Phi) is 4.07. The third-order valence-electron chi connectivity index (χ3n) is 3.08. The van der Waals surface area contributed by atoms with Crippen LogP contribution in [0.1, 0.15) is 25.7 Å². The number of thioether (sulfide) groups is 1. The Hall–Kier alpha value is -1.00. The van der Waals surface area contributed by atoms with E-state index < -0.39 is 0 Å². The largest absolute Gasteiger partial charge is 0.277 e. The zero-order valence-corrected chi connectivity index (χ0v) is 10.8. The molecule has 0 heterocycles. The van der Waals surface area contributed by atoms with Crippen molar-refractivity contribution in [1.82, 2.24) is 5.48 Å². The van der Waals surface area contributed by atoms with E-state index in [1.54, 1.807) is 11.8 Å². The molecule has 0 radical (unpaired) electrons. The molecule has 0 saturated heterocycles. The number of benzene rings is 1. The van der Waals surface area contributed by atoms with Crippen molar-refractivity contribution in [1.29, 1.82) is 0 Å². The summed E-state index contributed by atoms with van der Waals surface area (Å²) >= 11 is 1.65. The number of nitrogens with one attached hydrogen (secondary N) is 1. The van der Waals surface area contributed by atoms with Crippen LogP contribution in [0.2, 0.25) is 0 Å². The first-order valence-electron chi connectivity index (χ1n) is 5.84. The zero-order valence-electron chi connectivity index (χ0n) is 9.94. The average molecular weight is 251 g/mol. The minimum Gasteiger partial charge on any atom is -0.277 e. The highest BCUT2D eigenvalue weighted by molar-refractivity contribution is 8.01. The molecule has 0 aliphatic heterocycles. The number of hydrogen-bond acceptors (Lipinski definition) is 3. The van der Waals surface area contributed by atoms with Crippen LogP contribution in [0.15, 0.2) is 35.2 Å². The predicted molar refractivity (Wildman–Crippen MR) is 68.6 cm³/mol. The summed E-state index contributed by atoms with van der Waals surface area (Å²) in [4.78, 5) is 18.0. The SMILES string of the molecule is CONC(=O)C1(Sc2ccccc2)CCCC1. The Bertz CT molecular complexity index is 374. The van der Waals surface area contributed by atoms with Crippen LogP contribution >= 0.6 is 11.8 Å². The molecule has 1 aromatic rings. The second-order valence-electron chi connectivity index (χ2n) is 4.25. The molecule has 0 spiro atoms. The van der Waals surface area contributed by atoms with E-state index >= 15 is 0 Å². The van der Waals surface area contributed by atoms with Gasteiger partial charge >= 0.3 is 0 Å². The van der Waals surface area contributed by atoms with Crippen LogP contribution in [0.5, 0.6) is 0 Å². The smallest absolute Gasteiger partial charge is 0.260 e. The van der Waals surface area contributed by atoms with Gasteiger partial charge in [-0.3, -0.25) is 9.63 Å². The van der Waals surface area contributed by atoms with E-state index in [2.05, 4.69) is 5.48 Å². The van der Waals surface area contributed by atoms with Gasteiger partial charge in [0.2, 0.25) is 0 Å². The molecule has 1 amide bonds. The van der Waals surface area contributed by atoms with E-state index in [0.717, 1.165) is 30.6 Å². The normalized spacial score (nSPS) is 17.9. The first kappa shape index (κ1) is 12.5. The van der Waals surface area contributed by atoms with Crippen LogP contribution in [-0.4, -0.2) is 17.8 Å². The first-order valence-corrected chi connectivity index (χ1v) is 6.66. The van der Waals surface area contributed by atoms with Crippen molar-refractivity contribution in [2.24, 2.45) is 0 Å². The number of carbonyl (C=O) groups is 1. The molecular weight excluding hydrogens is 234 g/mol. The Morgan fingerprint density at radius 1 is 1.29 bits per heavy atom. The van der Waals surface area contributed by atoms with Crippen molar-refractivity contribution in [2.75, 3.05) is 7.11 Å². The van der Waals surface area contributed by atoms with E-state index in [1.165, 1.54) is 7.11 Å². The first-order chi connectivity index (χ1) is 8.27. The summed E-state index contributed by atoms with van der Waals surface area (Å²) in [6.07, 6.45) is 4.05. The van der Waals surface area contributed by atoms with Gasteiger partial charge in [-0.2, -0.15) is 0 Å². The lowest BCUT2D eigenvalue weighted by Crippen LogP contribution is -2.41. The second-order valence-corrected chi connectivity index (χ2v) is 5.71. The standard InChI is InChI=1S/C13H17NO2S/c1-16-14-12(15)13(9-5-6-10-13)17-11-7-3-2-4-8-11/h2-4,7-8H,5-6,9-10H2,1H3,(H,14,15). The van der Waals surface area contributed by atoms with Gasteiger partial charge in [-0.05, 0) is 25.0 Å². The number of rotatable bonds is 4. The highest BCUT2D eigenvalue weighted by Crippen LogP contribution is 2.45. The third kappa shape index (κ3) is 2.82. The molecule has 1 saturated carbocycles. The number of hydrogen-bond donors (Lipinski definition) is 1. The van der Waals surface area contributed by atoms with Gasteiger partial charge in [0, 0.05) is 4.90 Å². The number of hydroxylamine groups is 1. The van der Waals surface area contributed by atoms with E-state index in [4.69, 9.17) is 4.84 Å². The van der Waals surface area contributed by atoms with Gasteiger partial charge in [-0.1, -0.05) is 31.0 Å². The number of carbonyl (C=O) groups excluding carboxylic acids is 1. The zero-order chi connectivity index (χ0) is 12.1. The Balaban J connectivity index is 2.15. The molecule has 1 aliphatic rings. The average Bonchev–Trinajstić information content (AvgIpc) is 2.80. The molecule has 0 unspecified atom stereocenters. The fraction of sp³-hybridized carbons (Fsp3) is 0.462. The summed E-state index contributed by atoms with van der Waals surface area (Å²) in [6, 6.07) is 10.1. The molecule has 0 atom stereocenters. The molecule has 4 heteroatoms. The van der Waals surface area contributed by atoms with Crippen molar-refractivity contribution < 1.29 is 9.63 Å². The molecule has 0 aromatic heterocycles. The Labute approximate surface area is 106 Å². The van der Waals surface area contributed by atoms with Crippen molar-refractivity contribution in [3.05, 3.63) is 30.3 Å². The van der Waals surface area contributed by atoms with E-state index in [9.17, 15) is 4.79 Å². The lowest BCUT2D eigenvalue weighted by atomic mass is 10.1. The maximum absolute atomic E-state index is 12.1. The van der Waals surface area contributed by atoms with Gasteiger partial charge in [-0.15, -0.1) is 11.8 Å². The van der Waals surface area contributed by atoms with Crippen molar-refractivity contribution in [3.63, 3.8) is 0 Å². The summed E-state index contributed by atoms with van der Waals surface area (Å²) in [6.45, 7) is 0. The number of amides is 1. The van der Waals surface area contributed by atoms with Gasteiger partial charge in [0.1, 0.15) is 4.75 Å². The van der Waals surface area contributed by atoms with Gasteiger partial charge < -0.3 is 0 Å². The van der Waals surface area contributed by atoms with Crippen LogP contribution in [0.4, 0.5) is 0 Å².